The smallest absolute Gasteiger partial charge is 0.297 e. The van der Waals surface area contributed by atoms with Crippen LogP contribution in [0.3, 0.4) is 0 Å². The molecule has 0 saturated heterocycles. The Hall–Kier alpha value is -1.52. The molecule has 4 nitrogen and oxygen atoms in total. The lowest BCUT2D eigenvalue weighted by Crippen LogP contribution is -2.36. The number of aromatic nitrogens is 2. The molecule has 1 aliphatic rings. The van der Waals surface area contributed by atoms with Crippen LogP contribution in [0.4, 0.5) is 0 Å². The quantitative estimate of drug-likeness (QED) is 0.879. The summed E-state index contributed by atoms with van der Waals surface area (Å²) in [5, 5.41) is 0.459. The lowest BCUT2D eigenvalue weighted by atomic mass is 10.1. The Morgan fingerprint density at radius 2 is 2.00 bits per heavy atom. The van der Waals surface area contributed by atoms with E-state index in [0.29, 0.717) is 16.5 Å². The summed E-state index contributed by atoms with van der Waals surface area (Å²) in [5.41, 5.74) is -0.0453. The molecule has 1 aromatic carbocycles. The van der Waals surface area contributed by atoms with Crippen LogP contribution in [0.25, 0.3) is 11.1 Å². The summed E-state index contributed by atoms with van der Waals surface area (Å²) in [6.45, 7) is 2.05. The Kier molecular flexibility index (Phi) is 3.68. The van der Waals surface area contributed by atoms with Crippen molar-refractivity contribution in [3.63, 3.8) is 0 Å². The van der Waals surface area contributed by atoms with Gasteiger partial charge in [0, 0.05) is 16.6 Å². The van der Waals surface area contributed by atoms with Gasteiger partial charge in [0.05, 0.1) is 5.56 Å². The van der Waals surface area contributed by atoms with E-state index in [4.69, 9.17) is 23.2 Å². The number of rotatable bonds is 3. The predicted octanol–water partition coefficient (Wildman–Crippen LogP) is 3.48. The second kappa shape index (κ2) is 5.35. The molecule has 2 atom stereocenters. The van der Waals surface area contributed by atoms with Crippen LogP contribution in [0.2, 0.25) is 10.2 Å². The second-order valence-corrected chi connectivity index (χ2v) is 6.03. The Balaban J connectivity index is 2.23. The zero-order valence-corrected chi connectivity index (χ0v) is 12.9. The molecule has 0 spiro atoms. The molecular weight excluding hydrogens is 311 g/mol. The van der Waals surface area contributed by atoms with Crippen LogP contribution in [-0.2, 0) is 0 Å². The molecule has 2 unspecified atom stereocenters. The van der Waals surface area contributed by atoms with Gasteiger partial charge in [-0.3, -0.25) is 14.3 Å². The summed E-state index contributed by atoms with van der Waals surface area (Å²) < 4.78 is 1.28. The second-order valence-electron chi connectivity index (χ2n) is 5.25. The summed E-state index contributed by atoms with van der Waals surface area (Å²) in [6, 6.07) is 6.92. The maximum absolute atomic E-state index is 12.7. The Bertz CT molecular complexity index is 810. The van der Waals surface area contributed by atoms with Crippen molar-refractivity contribution in [1.82, 2.24) is 9.55 Å². The minimum atomic E-state index is -0.457. The maximum Gasteiger partial charge on any atom is 0.329 e. The number of H-pyrrole nitrogens is 1. The number of hydrogen-bond donors (Lipinski definition) is 1. The monoisotopic (exact) mass is 324 g/mol. The maximum atomic E-state index is 12.7. The van der Waals surface area contributed by atoms with Gasteiger partial charge < -0.3 is 0 Å². The highest BCUT2D eigenvalue weighted by Crippen LogP contribution is 2.44. The number of aromatic amines is 1. The minimum Gasteiger partial charge on any atom is -0.297 e. The van der Waals surface area contributed by atoms with Gasteiger partial charge in [0.2, 0.25) is 0 Å². The molecule has 0 bridgehead atoms. The van der Waals surface area contributed by atoms with E-state index in [2.05, 4.69) is 11.9 Å². The third kappa shape index (κ3) is 2.43. The highest BCUT2D eigenvalue weighted by Gasteiger charge is 2.39. The van der Waals surface area contributed by atoms with E-state index in [-0.39, 0.29) is 22.3 Å². The lowest BCUT2D eigenvalue weighted by molar-refractivity contribution is 0.592. The first kappa shape index (κ1) is 14.4. The molecule has 0 radical (unpaired) electrons. The van der Waals surface area contributed by atoms with E-state index in [1.54, 1.807) is 24.3 Å². The van der Waals surface area contributed by atoms with Crippen molar-refractivity contribution in [3.05, 3.63) is 55.3 Å². The van der Waals surface area contributed by atoms with Crippen molar-refractivity contribution >= 4 is 23.2 Å². The Morgan fingerprint density at radius 1 is 1.29 bits per heavy atom. The lowest BCUT2D eigenvalue weighted by Gasteiger charge is -2.10. The number of nitrogens with one attached hydrogen (secondary N) is 1. The number of halogens is 2. The summed E-state index contributed by atoms with van der Waals surface area (Å²) in [7, 11) is 0. The van der Waals surface area contributed by atoms with Crippen molar-refractivity contribution < 1.29 is 0 Å². The van der Waals surface area contributed by atoms with E-state index in [0.717, 1.165) is 12.8 Å². The van der Waals surface area contributed by atoms with Gasteiger partial charge in [0.25, 0.3) is 5.56 Å². The highest BCUT2D eigenvalue weighted by atomic mass is 35.5. The van der Waals surface area contributed by atoms with Crippen molar-refractivity contribution in [2.45, 2.75) is 25.8 Å². The zero-order chi connectivity index (χ0) is 15.1. The van der Waals surface area contributed by atoms with Crippen LogP contribution in [0.15, 0.2) is 33.9 Å². The molecule has 110 valence electrons. The first-order valence-corrected chi connectivity index (χ1v) is 7.59. The average molecular weight is 325 g/mol. The van der Waals surface area contributed by atoms with Crippen molar-refractivity contribution in [2.24, 2.45) is 5.92 Å². The van der Waals surface area contributed by atoms with E-state index in [1.807, 2.05) is 0 Å². The van der Waals surface area contributed by atoms with E-state index in [1.165, 1.54) is 4.57 Å². The normalized spacial score (nSPS) is 20.5. The van der Waals surface area contributed by atoms with Gasteiger partial charge in [0.1, 0.15) is 5.15 Å². The van der Waals surface area contributed by atoms with E-state index in [9.17, 15) is 9.59 Å². The highest BCUT2D eigenvalue weighted by molar-refractivity contribution is 6.35. The molecule has 1 aliphatic carbocycles. The van der Waals surface area contributed by atoms with Crippen molar-refractivity contribution in [1.29, 1.82) is 0 Å². The first-order valence-electron chi connectivity index (χ1n) is 6.83. The third-order valence-electron chi connectivity index (χ3n) is 3.97. The molecule has 0 aliphatic heterocycles. The summed E-state index contributed by atoms with van der Waals surface area (Å²) in [4.78, 5) is 27.3. The first-order chi connectivity index (χ1) is 10.0. The fourth-order valence-electron chi connectivity index (χ4n) is 2.71. The van der Waals surface area contributed by atoms with Gasteiger partial charge in [-0.2, -0.15) is 0 Å². The fraction of sp³-hybridized carbons (Fsp3) is 0.333. The van der Waals surface area contributed by atoms with Crippen molar-refractivity contribution in [2.75, 3.05) is 0 Å². The molecule has 1 aromatic heterocycles. The van der Waals surface area contributed by atoms with Gasteiger partial charge in [-0.25, -0.2) is 4.79 Å². The van der Waals surface area contributed by atoms with Gasteiger partial charge >= 0.3 is 5.69 Å². The molecule has 1 N–H and O–H groups in total. The SMILES string of the molecule is CCC1CC1n1c(=O)[nH]c(Cl)c(-c2ccccc2Cl)c1=O. The topological polar surface area (TPSA) is 54.9 Å². The largest absolute Gasteiger partial charge is 0.329 e. The van der Waals surface area contributed by atoms with Crippen LogP contribution in [-0.4, -0.2) is 9.55 Å². The molecule has 0 amide bonds. The third-order valence-corrected chi connectivity index (χ3v) is 4.59. The number of benzene rings is 1. The molecule has 3 rings (SSSR count). The molecule has 1 fully saturated rings. The standard InChI is InChI=1S/C15H14Cl2N2O2/c1-2-8-7-11(8)19-14(20)12(13(17)18-15(19)21)9-5-3-4-6-10(9)16/h3-6,8,11H,2,7H2,1H3,(H,18,21). The number of hydrogen-bond acceptors (Lipinski definition) is 2. The van der Waals surface area contributed by atoms with Crippen LogP contribution in [0.5, 0.6) is 0 Å². The van der Waals surface area contributed by atoms with E-state index < -0.39 is 5.69 Å². The fourth-order valence-corrected chi connectivity index (χ4v) is 3.20. The van der Waals surface area contributed by atoms with Crippen molar-refractivity contribution in [3.8, 4) is 11.1 Å². The molecule has 6 heteroatoms. The van der Waals surface area contributed by atoms with E-state index >= 15 is 0 Å². The molecule has 2 aromatic rings. The predicted molar refractivity (Wildman–Crippen MR) is 84.2 cm³/mol. The summed E-state index contributed by atoms with van der Waals surface area (Å²) in [5.74, 6) is 0.379. The van der Waals surface area contributed by atoms with Gasteiger partial charge in [-0.05, 0) is 18.4 Å². The van der Waals surface area contributed by atoms with Crippen LogP contribution >= 0.6 is 23.2 Å². The van der Waals surface area contributed by atoms with Gasteiger partial charge in [-0.1, -0.05) is 54.7 Å². The Morgan fingerprint density at radius 3 is 2.62 bits per heavy atom. The molecular formula is C15H14Cl2N2O2. The van der Waals surface area contributed by atoms with Gasteiger partial charge in [-0.15, -0.1) is 0 Å². The van der Waals surface area contributed by atoms with Crippen LogP contribution in [0, 0.1) is 5.92 Å². The molecule has 1 saturated carbocycles. The summed E-state index contributed by atoms with van der Waals surface area (Å²) >= 11 is 12.2. The van der Waals surface area contributed by atoms with Crippen LogP contribution in [0.1, 0.15) is 25.8 Å². The Labute approximate surface area is 131 Å². The number of nitrogens with zero attached hydrogens (tertiary/aromatic N) is 1. The van der Waals surface area contributed by atoms with Gasteiger partial charge in [0.15, 0.2) is 0 Å². The minimum absolute atomic E-state index is 0.0306. The average Bonchev–Trinajstić information content (AvgIpc) is 3.19. The zero-order valence-electron chi connectivity index (χ0n) is 11.4. The van der Waals surface area contributed by atoms with Crippen LogP contribution < -0.4 is 11.2 Å². The molecule has 21 heavy (non-hydrogen) atoms. The molecule has 1 heterocycles. The summed E-state index contributed by atoms with van der Waals surface area (Å²) in [6.07, 6.45) is 1.80.